The first-order chi connectivity index (χ1) is 17.2. The molecule has 0 unspecified atom stereocenters. The summed E-state index contributed by atoms with van der Waals surface area (Å²) in [6.07, 6.45) is 1.80. The molecule has 182 valence electrons. The highest BCUT2D eigenvalue weighted by atomic mass is 32.1. The predicted molar refractivity (Wildman–Crippen MR) is 146 cm³/mol. The highest BCUT2D eigenvalue weighted by Crippen LogP contribution is 2.44. The number of thiocarbonyl (C=S) groups is 1. The molecule has 0 radical (unpaired) electrons. The normalized spacial score (nSPS) is 17.3. The van der Waals surface area contributed by atoms with Gasteiger partial charge in [0.25, 0.3) is 0 Å². The van der Waals surface area contributed by atoms with Gasteiger partial charge in [0.05, 0.1) is 23.3 Å². The number of carbonyl (C=O) groups is 1. The van der Waals surface area contributed by atoms with Crippen molar-refractivity contribution in [2.45, 2.75) is 39.8 Å². The molecule has 1 aliphatic heterocycles. The number of nitrogens with one attached hydrogen (secondary N) is 1. The summed E-state index contributed by atoms with van der Waals surface area (Å²) in [7, 11) is 0. The van der Waals surface area contributed by atoms with E-state index in [0.29, 0.717) is 5.11 Å². The first kappa shape index (κ1) is 23.8. The van der Waals surface area contributed by atoms with E-state index in [1.807, 2.05) is 31.2 Å². The molecule has 5 rings (SSSR count). The van der Waals surface area contributed by atoms with Crippen molar-refractivity contribution in [2.75, 3.05) is 4.90 Å². The molecule has 4 aromatic rings. The number of aromatic nitrogens is 2. The van der Waals surface area contributed by atoms with Gasteiger partial charge in [-0.05, 0) is 105 Å². The molecule has 7 heteroatoms. The summed E-state index contributed by atoms with van der Waals surface area (Å²) in [5.41, 5.74) is 8.51. The first-order valence-corrected chi connectivity index (χ1v) is 12.3. The fourth-order valence-electron chi connectivity index (χ4n) is 5.30. The number of nitrogens with zero attached hydrogens (tertiary/aromatic N) is 3. The second-order valence-electron chi connectivity index (χ2n) is 9.36. The maximum atomic E-state index is 11.6. The lowest BCUT2D eigenvalue weighted by Crippen LogP contribution is -2.29. The molecule has 1 fully saturated rings. The van der Waals surface area contributed by atoms with Gasteiger partial charge in [-0.3, -0.25) is 4.98 Å². The smallest absolute Gasteiger partial charge is 0.335 e. The lowest BCUT2D eigenvalue weighted by Gasteiger charge is -2.29. The molecule has 36 heavy (non-hydrogen) atoms. The van der Waals surface area contributed by atoms with Crippen LogP contribution in [0.3, 0.4) is 0 Å². The maximum Gasteiger partial charge on any atom is 0.335 e. The zero-order chi connectivity index (χ0) is 25.6. The molecular formula is C29H28N4O2S. The quantitative estimate of drug-likeness (QED) is 0.331. The van der Waals surface area contributed by atoms with E-state index in [2.05, 4.69) is 64.8 Å². The highest BCUT2D eigenvalue weighted by Gasteiger charge is 2.42. The van der Waals surface area contributed by atoms with Gasteiger partial charge < -0.3 is 19.9 Å². The van der Waals surface area contributed by atoms with E-state index in [4.69, 9.17) is 12.2 Å². The minimum absolute atomic E-state index is 0.142. The van der Waals surface area contributed by atoms with Gasteiger partial charge in [-0.1, -0.05) is 18.2 Å². The van der Waals surface area contributed by atoms with Crippen molar-refractivity contribution in [1.82, 2.24) is 14.9 Å². The van der Waals surface area contributed by atoms with Gasteiger partial charge in [0.2, 0.25) is 0 Å². The number of pyridine rings is 1. The highest BCUT2D eigenvalue weighted by molar-refractivity contribution is 7.80. The average Bonchev–Trinajstić information content (AvgIpc) is 3.34. The van der Waals surface area contributed by atoms with Crippen molar-refractivity contribution in [1.29, 1.82) is 0 Å². The largest absolute Gasteiger partial charge is 0.478 e. The van der Waals surface area contributed by atoms with E-state index in [9.17, 15) is 9.90 Å². The van der Waals surface area contributed by atoms with E-state index in [-0.39, 0.29) is 17.6 Å². The Bertz CT molecular complexity index is 1460. The zero-order valence-electron chi connectivity index (χ0n) is 20.7. The van der Waals surface area contributed by atoms with Crippen LogP contribution in [-0.4, -0.2) is 25.7 Å². The number of aryl methyl sites for hydroxylation is 3. The molecule has 1 aliphatic rings. The minimum Gasteiger partial charge on any atom is -0.478 e. The molecule has 2 N–H and O–H groups in total. The number of carboxylic acid groups (broad SMARTS) is 1. The zero-order valence-corrected chi connectivity index (χ0v) is 21.5. The fourth-order valence-corrected chi connectivity index (χ4v) is 5.65. The van der Waals surface area contributed by atoms with Crippen LogP contribution in [0.2, 0.25) is 0 Å². The Morgan fingerprint density at radius 2 is 1.69 bits per heavy atom. The van der Waals surface area contributed by atoms with Crippen LogP contribution in [0.1, 0.15) is 56.2 Å². The Labute approximate surface area is 216 Å². The molecular weight excluding hydrogens is 468 g/mol. The number of hydrogen-bond acceptors (Lipinski definition) is 3. The van der Waals surface area contributed by atoms with Gasteiger partial charge in [0.15, 0.2) is 5.11 Å². The van der Waals surface area contributed by atoms with Crippen molar-refractivity contribution < 1.29 is 9.90 Å². The third-order valence-electron chi connectivity index (χ3n) is 6.72. The lowest BCUT2D eigenvalue weighted by atomic mass is 9.96. The molecule has 2 aromatic carbocycles. The number of aromatic carboxylic acids is 1. The summed E-state index contributed by atoms with van der Waals surface area (Å²) in [5.74, 6) is -0.943. The molecule has 0 saturated carbocycles. The summed E-state index contributed by atoms with van der Waals surface area (Å²) in [5, 5.41) is 13.7. The van der Waals surface area contributed by atoms with Crippen LogP contribution in [0.15, 0.2) is 72.9 Å². The SMILES string of the molecule is Cc1cc(C)cc(N2C(=S)N[C@@H](c3ccccn3)[C@@H]2c2cc(C)n(-c3cccc(C(=O)O)c3)c2C)c1. The monoisotopic (exact) mass is 496 g/mol. The van der Waals surface area contributed by atoms with E-state index in [1.165, 1.54) is 11.1 Å². The summed E-state index contributed by atoms with van der Waals surface area (Å²) in [6, 6.07) is 21.3. The van der Waals surface area contributed by atoms with E-state index >= 15 is 0 Å². The minimum atomic E-state index is -0.943. The Hall–Kier alpha value is -3.97. The average molecular weight is 497 g/mol. The molecule has 3 heterocycles. The van der Waals surface area contributed by atoms with Crippen molar-refractivity contribution in [3.8, 4) is 5.69 Å². The Balaban J connectivity index is 1.69. The van der Waals surface area contributed by atoms with Crippen LogP contribution in [0, 0.1) is 27.7 Å². The maximum absolute atomic E-state index is 11.6. The number of hydrogen-bond donors (Lipinski definition) is 2. The number of carboxylic acids is 1. The van der Waals surface area contributed by atoms with Gasteiger partial charge in [0, 0.05) is 29.0 Å². The molecule has 1 saturated heterocycles. The van der Waals surface area contributed by atoms with Crippen molar-refractivity contribution in [3.05, 3.63) is 112 Å². The number of rotatable bonds is 5. The molecule has 2 aromatic heterocycles. The van der Waals surface area contributed by atoms with Crippen molar-refractivity contribution in [2.24, 2.45) is 0 Å². The molecule has 2 atom stereocenters. The van der Waals surface area contributed by atoms with Crippen LogP contribution >= 0.6 is 12.2 Å². The molecule has 0 bridgehead atoms. The van der Waals surface area contributed by atoms with Crippen LogP contribution in [-0.2, 0) is 0 Å². The first-order valence-electron chi connectivity index (χ1n) is 11.9. The number of anilines is 1. The van der Waals surface area contributed by atoms with Gasteiger partial charge in [-0.25, -0.2) is 4.79 Å². The molecule has 0 aliphatic carbocycles. The number of benzene rings is 2. The van der Waals surface area contributed by atoms with Crippen molar-refractivity contribution >= 4 is 29.0 Å². The predicted octanol–water partition coefficient (Wildman–Crippen LogP) is 5.98. The van der Waals surface area contributed by atoms with E-state index in [1.54, 1.807) is 24.4 Å². The molecule has 6 nitrogen and oxygen atoms in total. The van der Waals surface area contributed by atoms with Gasteiger partial charge in [0.1, 0.15) is 0 Å². The van der Waals surface area contributed by atoms with Gasteiger partial charge >= 0.3 is 5.97 Å². The lowest BCUT2D eigenvalue weighted by molar-refractivity contribution is 0.0697. The van der Waals surface area contributed by atoms with Gasteiger partial charge in [-0.15, -0.1) is 0 Å². The summed E-state index contributed by atoms with van der Waals surface area (Å²) >= 11 is 5.90. The molecule has 0 amide bonds. The van der Waals surface area contributed by atoms with Crippen LogP contribution in [0.4, 0.5) is 5.69 Å². The molecule has 0 spiro atoms. The second kappa shape index (κ2) is 9.24. The van der Waals surface area contributed by atoms with Crippen LogP contribution < -0.4 is 10.2 Å². The van der Waals surface area contributed by atoms with Crippen LogP contribution in [0.25, 0.3) is 5.69 Å². The van der Waals surface area contributed by atoms with Crippen molar-refractivity contribution in [3.63, 3.8) is 0 Å². The van der Waals surface area contributed by atoms with E-state index in [0.717, 1.165) is 34.0 Å². The standard InChI is InChI=1S/C29H28N4O2S/c1-17-12-18(2)14-23(13-17)33-27(26(31-29(33)36)25-10-5-6-11-30-25)24-15-19(3)32(20(24)4)22-9-7-8-21(16-22)28(34)35/h5-16,26-27H,1-4H3,(H,31,36)(H,34,35)/t26-,27-/m0/s1. The fraction of sp³-hybridized carbons (Fsp3) is 0.207. The summed E-state index contributed by atoms with van der Waals surface area (Å²) in [4.78, 5) is 18.5. The van der Waals surface area contributed by atoms with Gasteiger partial charge in [-0.2, -0.15) is 0 Å². The second-order valence-corrected chi connectivity index (χ2v) is 9.75. The topological polar surface area (TPSA) is 70.4 Å². The summed E-state index contributed by atoms with van der Waals surface area (Å²) < 4.78 is 2.11. The Morgan fingerprint density at radius 3 is 2.36 bits per heavy atom. The van der Waals surface area contributed by atoms with Crippen LogP contribution in [0.5, 0.6) is 0 Å². The third kappa shape index (κ3) is 4.16. The third-order valence-corrected chi connectivity index (χ3v) is 7.04. The summed E-state index contributed by atoms with van der Waals surface area (Å²) in [6.45, 7) is 8.30. The van der Waals surface area contributed by atoms with E-state index < -0.39 is 5.97 Å². The Kier molecular flexibility index (Phi) is 6.10. The Morgan fingerprint density at radius 1 is 0.944 bits per heavy atom.